The molecule has 0 amide bonds. The SMILES string of the molecule is COc1ncccc1CN1CC2(CC(Oc3cccnc3)CCO2)C1. The van der Waals surface area contributed by atoms with Gasteiger partial charge in [0.2, 0.25) is 5.88 Å². The molecule has 0 aliphatic carbocycles. The number of pyridine rings is 2. The summed E-state index contributed by atoms with van der Waals surface area (Å²) in [6, 6.07) is 7.86. The van der Waals surface area contributed by atoms with Crippen molar-refractivity contribution in [1.82, 2.24) is 14.9 Å². The first-order valence-electron chi connectivity index (χ1n) is 8.67. The van der Waals surface area contributed by atoms with Gasteiger partial charge in [-0.15, -0.1) is 0 Å². The Kier molecular flexibility index (Phi) is 4.55. The molecule has 1 atom stereocenters. The number of aromatic nitrogens is 2. The Morgan fingerprint density at radius 2 is 2.16 bits per heavy atom. The molecule has 2 aliphatic heterocycles. The lowest BCUT2D eigenvalue weighted by Crippen LogP contribution is -2.65. The molecule has 0 N–H and O–H groups in total. The molecule has 1 unspecified atom stereocenters. The third-order valence-electron chi connectivity index (χ3n) is 4.85. The predicted octanol–water partition coefficient (Wildman–Crippen LogP) is 2.30. The Balaban J connectivity index is 1.33. The van der Waals surface area contributed by atoms with Crippen molar-refractivity contribution in [2.75, 3.05) is 26.8 Å². The Morgan fingerprint density at radius 3 is 2.96 bits per heavy atom. The standard InChI is InChI=1S/C19H23N3O3/c1-23-18-15(4-2-8-21-18)12-22-13-19(14-22)10-16(6-9-24-19)25-17-5-3-7-20-11-17/h2-5,7-8,11,16H,6,9-10,12-14H2,1H3. The molecule has 132 valence electrons. The molecular weight excluding hydrogens is 318 g/mol. The van der Waals surface area contributed by atoms with Gasteiger partial charge in [-0.25, -0.2) is 4.98 Å². The molecule has 2 saturated heterocycles. The van der Waals surface area contributed by atoms with Crippen LogP contribution in [-0.4, -0.2) is 53.4 Å². The lowest BCUT2D eigenvalue weighted by Gasteiger charge is -2.53. The van der Waals surface area contributed by atoms with Gasteiger partial charge >= 0.3 is 0 Å². The first-order valence-corrected chi connectivity index (χ1v) is 8.67. The van der Waals surface area contributed by atoms with Gasteiger partial charge in [0.15, 0.2) is 0 Å². The molecule has 2 aromatic rings. The van der Waals surface area contributed by atoms with Crippen molar-refractivity contribution in [3.63, 3.8) is 0 Å². The van der Waals surface area contributed by atoms with Gasteiger partial charge in [-0.05, 0) is 18.2 Å². The van der Waals surface area contributed by atoms with E-state index < -0.39 is 0 Å². The topological polar surface area (TPSA) is 56.7 Å². The van der Waals surface area contributed by atoms with E-state index in [2.05, 4.69) is 20.9 Å². The molecule has 2 aliphatic rings. The summed E-state index contributed by atoms with van der Waals surface area (Å²) in [6.07, 6.45) is 7.31. The summed E-state index contributed by atoms with van der Waals surface area (Å²) < 4.78 is 17.5. The zero-order chi connectivity index (χ0) is 17.1. The average Bonchev–Trinajstić information content (AvgIpc) is 2.62. The second-order valence-corrected chi connectivity index (χ2v) is 6.77. The summed E-state index contributed by atoms with van der Waals surface area (Å²) in [4.78, 5) is 10.7. The normalized spacial score (nSPS) is 22.4. The first-order chi connectivity index (χ1) is 12.3. The summed E-state index contributed by atoms with van der Waals surface area (Å²) in [6.45, 7) is 3.40. The van der Waals surface area contributed by atoms with Gasteiger partial charge in [0.25, 0.3) is 0 Å². The monoisotopic (exact) mass is 341 g/mol. The number of likely N-dealkylation sites (tertiary alicyclic amines) is 1. The summed E-state index contributed by atoms with van der Waals surface area (Å²) in [5.41, 5.74) is 1.03. The van der Waals surface area contributed by atoms with Crippen LogP contribution in [0.4, 0.5) is 0 Å². The maximum Gasteiger partial charge on any atom is 0.217 e. The highest BCUT2D eigenvalue weighted by molar-refractivity contribution is 5.26. The number of methoxy groups -OCH3 is 1. The van der Waals surface area contributed by atoms with E-state index >= 15 is 0 Å². The summed E-state index contributed by atoms with van der Waals surface area (Å²) in [5, 5.41) is 0. The van der Waals surface area contributed by atoms with Crippen LogP contribution in [-0.2, 0) is 11.3 Å². The number of hydrogen-bond acceptors (Lipinski definition) is 6. The van der Waals surface area contributed by atoms with Crippen molar-refractivity contribution >= 4 is 0 Å². The smallest absolute Gasteiger partial charge is 0.217 e. The minimum Gasteiger partial charge on any atom is -0.489 e. The van der Waals surface area contributed by atoms with E-state index in [4.69, 9.17) is 14.2 Å². The van der Waals surface area contributed by atoms with Crippen LogP contribution in [0.1, 0.15) is 18.4 Å². The highest BCUT2D eigenvalue weighted by atomic mass is 16.5. The van der Waals surface area contributed by atoms with Gasteiger partial charge in [0.05, 0.1) is 25.5 Å². The third-order valence-corrected chi connectivity index (χ3v) is 4.85. The second kappa shape index (κ2) is 6.98. The van der Waals surface area contributed by atoms with Crippen LogP contribution in [0.25, 0.3) is 0 Å². The van der Waals surface area contributed by atoms with Gasteiger partial charge in [-0.1, -0.05) is 6.07 Å². The Hall–Kier alpha value is -2.18. The molecule has 4 rings (SSSR count). The van der Waals surface area contributed by atoms with E-state index in [0.717, 1.165) is 50.4 Å². The molecule has 2 aromatic heterocycles. The summed E-state index contributed by atoms with van der Waals surface area (Å²) >= 11 is 0. The molecule has 4 heterocycles. The molecule has 0 radical (unpaired) electrons. The highest BCUT2D eigenvalue weighted by Gasteiger charge is 2.48. The number of rotatable bonds is 5. The molecule has 6 nitrogen and oxygen atoms in total. The van der Waals surface area contributed by atoms with Crippen LogP contribution in [0.15, 0.2) is 42.9 Å². The first kappa shape index (κ1) is 16.3. The molecule has 2 fully saturated rings. The molecule has 0 saturated carbocycles. The zero-order valence-corrected chi connectivity index (χ0v) is 14.4. The third kappa shape index (κ3) is 3.60. The quantitative estimate of drug-likeness (QED) is 0.832. The van der Waals surface area contributed by atoms with Gasteiger partial charge in [0.1, 0.15) is 11.9 Å². The number of nitrogens with zero attached hydrogens (tertiary/aromatic N) is 3. The average molecular weight is 341 g/mol. The van der Waals surface area contributed by atoms with Crippen LogP contribution in [0, 0.1) is 0 Å². The Labute approximate surface area is 147 Å². The van der Waals surface area contributed by atoms with Crippen LogP contribution < -0.4 is 9.47 Å². The lowest BCUT2D eigenvalue weighted by molar-refractivity contribution is -0.188. The van der Waals surface area contributed by atoms with Crippen molar-refractivity contribution in [1.29, 1.82) is 0 Å². The van der Waals surface area contributed by atoms with Crippen LogP contribution in [0.3, 0.4) is 0 Å². The summed E-state index contributed by atoms with van der Waals surface area (Å²) in [5.74, 6) is 1.53. The van der Waals surface area contributed by atoms with Crippen LogP contribution in [0.2, 0.25) is 0 Å². The molecule has 1 spiro atoms. The predicted molar refractivity (Wildman–Crippen MR) is 92.6 cm³/mol. The Morgan fingerprint density at radius 1 is 1.28 bits per heavy atom. The minimum absolute atomic E-state index is 0.0828. The van der Waals surface area contributed by atoms with Gasteiger partial charge in [-0.3, -0.25) is 9.88 Å². The molecule has 0 aromatic carbocycles. The lowest BCUT2D eigenvalue weighted by atomic mass is 9.84. The van der Waals surface area contributed by atoms with Crippen molar-refractivity contribution in [2.45, 2.75) is 31.1 Å². The molecular formula is C19H23N3O3. The van der Waals surface area contributed by atoms with Crippen molar-refractivity contribution in [3.8, 4) is 11.6 Å². The minimum atomic E-state index is -0.0828. The fraction of sp³-hybridized carbons (Fsp3) is 0.474. The van der Waals surface area contributed by atoms with Gasteiger partial charge in [0, 0.05) is 50.4 Å². The maximum absolute atomic E-state index is 6.11. The van der Waals surface area contributed by atoms with E-state index in [0.29, 0.717) is 5.88 Å². The highest BCUT2D eigenvalue weighted by Crippen LogP contribution is 2.36. The zero-order valence-electron chi connectivity index (χ0n) is 14.4. The van der Waals surface area contributed by atoms with E-state index in [-0.39, 0.29) is 11.7 Å². The fourth-order valence-electron chi connectivity index (χ4n) is 3.76. The van der Waals surface area contributed by atoms with E-state index in [1.807, 2.05) is 18.2 Å². The van der Waals surface area contributed by atoms with E-state index in [1.165, 1.54) is 0 Å². The molecule has 0 bridgehead atoms. The number of ether oxygens (including phenoxy) is 3. The van der Waals surface area contributed by atoms with Crippen molar-refractivity contribution in [3.05, 3.63) is 48.4 Å². The van der Waals surface area contributed by atoms with E-state index in [9.17, 15) is 0 Å². The largest absolute Gasteiger partial charge is 0.489 e. The molecule has 25 heavy (non-hydrogen) atoms. The second-order valence-electron chi connectivity index (χ2n) is 6.77. The van der Waals surface area contributed by atoms with E-state index in [1.54, 1.807) is 25.7 Å². The van der Waals surface area contributed by atoms with Gasteiger partial charge in [-0.2, -0.15) is 0 Å². The fourth-order valence-corrected chi connectivity index (χ4v) is 3.76. The van der Waals surface area contributed by atoms with Crippen molar-refractivity contribution in [2.24, 2.45) is 0 Å². The summed E-state index contributed by atoms with van der Waals surface area (Å²) in [7, 11) is 1.66. The maximum atomic E-state index is 6.11. The van der Waals surface area contributed by atoms with Crippen molar-refractivity contribution < 1.29 is 14.2 Å². The van der Waals surface area contributed by atoms with Crippen LogP contribution in [0.5, 0.6) is 11.6 Å². The molecule has 6 heteroatoms. The van der Waals surface area contributed by atoms with Gasteiger partial charge < -0.3 is 14.2 Å². The van der Waals surface area contributed by atoms with Crippen LogP contribution >= 0.6 is 0 Å². The Bertz CT molecular complexity index is 704. The number of hydrogen-bond donors (Lipinski definition) is 0.